The van der Waals surface area contributed by atoms with E-state index >= 15 is 0 Å². The first-order valence-corrected chi connectivity index (χ1v) is 7.99. The van der Waals surface area contributed by atoms with E-state index in [0.717, 1.165) is 5.56 Å². The van der Waals surface area contributed by atoms with Gasteiger partial charge in [-0.15, -0.1) is 6.42 Å². The Morgan fingerprint density at radius 1 is 1.15 bits per heavy atom. The van der Waals surface area contributed by atoms with E-state index < -0.39 is 11.8 Å². The van der Waals surface area contributed by atoms with Crippen LogP contribution in [0.4, 0.5) is 5.69 Å². The maximum absolute atomic E-state index is 11.8. The molecule has 26 heavy (non-hydrogen) atoms. The van der Waals surface area contributed by atoms with Crippen molar-refractivity contribution >= 4 is 35.3 Å². The van der Waals surface area contributed by atoms with Crippen LogP contribution in [-0.4, -0.2) is 24.6 Å². The highest BCUT2D eigenvalue weighted by Crippen LogP contribution is 2.20. The Morgan fingerprint density at radius 2 is 1.88 bits per heavy atom. The van der Waals surface area contributed by atoms with Crippen molar-refractivity contribution in [2.75, 3.05) is 11.9 Å². The molecular formula is C19H16ClN3O3. The van der Waals surface area contributed by atoms with Gasteiger partial charge in [0.1, 0.15) is 18.8 Å². The number of ether oxygens (including phenoxy) is 1. The maximum Gasteiger partial charge on any atom is 0.249 e. The monoisotopic (exact) mass is 369 g/mol. The molecule has 2 rings (SSSR count). The van der Waals surface area contributed by atoms with Gasteiger partial charge in [0.15, 0.2) is 0 Å². The minimum atomic E-state index is -0.542. The second-order valence-corrected chi connectivity index (χ2v) is 5.47. The number of carbonyl (C=O) groups is 2. The van der Waals surface area contributed by atoms with Crippen LogP contribution in [0.1, 0.15) is 12.0 Å². The first-order chi connectivity index (χ1) is 12.6. The Kier molecular flexibility index (Phi) is 7.22. The number of terminal acetylenes is 1. The molecule has 0 atom stereocenters. The third kappa shape index (κ3) is 6.30. The van der Waals surface area contributed by atoms with E-state index in [1.165, 1.54) is 6.21 Å². The van der Waals surface area contributed by atoms with Gasteiger partial charge in [0.2, 0.25) is 11.8 Å². The molecule has 2 aromatic carbocycles. The van der Waals surface area contributed by atoms with Gasteiger partial charge < -0.3 is 10.1 Å². The predicted molar refractivity (Wildman–Crippen MR) is 101 cm³/mol. The van der Waals surface area contributed by atoms with E-state index in [0.29, 0.717) is 16.5 Å². The van der Waals surface area contributed by atoms with Gasteiger partial charge in [0.05, 0.1) is 16.9 Å². The zero-order valence-corrected chi connectivity index (χ0v) is 14.5. The van der Waals surface area contributed by atoms with Crippen LogP contribution in [0.3, 0.4) is 0 Å². The van der Waals surface area contributed by atoms with Gasteiger partial charge in [-0.3, -0.25) is 9.59 Å². The molecule has 0 saturated carbocycles. The zero-order chi connectivity index (χ0) is 18.8. The van der Waals surface area contributed by atoms with Crippen LogP contribution >= 0.6 is 11.6 Å². The zero-order valence-electron chi connectivity index (χ0n) is 13.7. The van der Waals surface area contributed by atoms with Crippen molar-refractivity contribution in [3.8, 4) is 18.1 Å². The minimum Gasteiger partial charge on any atom is -0.481 e. The molecule has 2 amide bonds. The second-order valence-electron chi connectivity index (χ2n) is 5.06. The molecule has 7 heteroatoms. The Morgan fingerprint density at radius 3 is 2.58 bits per heavy atom. The summed E-state index contributed by atoms with van der Waals surface area (Å²) in [7, 11) is 0. The molecule has 2 N–H and O–H groups in total. The molecule has 0 radical (unpaired) electrons. The number of rotatable bonds is 7. The molecule has 0 fully saturated rings. The highest BCUT2D eigenvalue weighted by atomic mass is 35.5. The number of benzene rings is 2. The number of hydrogen-bond donors (Lipinski definition) is 2. The summed E-state index contributed by atoms with van der Waals surface area (Å²) in [5, 5.41) is 6.77. The van der Waals surface area contributed by atoms with E-state index in [1.807, 2.05) is 0 Å². The van der Waals surface area contributed by atoms with Crippen LogP contribution in [0.15, 0.2) is 53.6 Å². The summed E-state index contributed by atoms with van der Waals surface area (Å²) in [5.74, 6) is 1.99. The third-order valence-electron chi connectivity index (χ3n) is 3.07. The average molecular weight is 370 g/mol. The van der Waals surface area contributed by atoms with E-state index in [9.17, 15) is 9.59 Å². The molecule has 0 aliphatic rings. The van der Waals surface area contributed by atoms with Crippen LogP contribution in [0, 0.1) is 12.3 Å². The average Bonchev–Trinajstić information content (AvgIpc) is 2.63. The summed E-state index contributed by atoms with van der Waals surface area (Å²) in [5.41, 5.74) is 3.49. The van der Waals surface area contributed by atoms with Crippen LogP contribution in [0.25, 0.3) is 0 Å². The number of anilines is 1. The van der Waals surface area contributed by atoms with E-state index in [4.69, 9.17) is 22.8 Å². The van der Waals surface area contributed by atoms with Gasteiger partial charge >= 0.3 is 0 Å². The number of nitrogens with zero attached hydrogens (tertiary/aromatic N) is 1. The molecule has 132 valence electrons. The van der Waals surface area contributed by atoms with Crippen LogP contribution in [-0.2, 0) is 9.59 Å². The fourth-order valence-electron chi connectivity index (χ4n) is 1.90. The molecular weight excluding hydrogens is 354 g/mol. The number of amides is 2. The third-order valence-corrected chi connectivity index (χ3v) is 3.40. The summed E-state index contributed by atoms with van der Waals surface area (Å²) in [6.07, 6.45) is 6.19. The lowest BCUT2D eigenvalue weighted by atomic mass is 10.2. The van der Waals surface area contributed by atoms with Gasteiger partial charge in [-0.1, -0.05) is 29.7 Å². The van der Waals surface area contributed by atoms with Crippen molar-refractivity contribution in [2.24, 2.45) is 5.10 Å². The van der Waals surface area contributed by atoms with Crippen molar-refractivity contribution < 1.29 is 14.3 Å². The molecule has 0 aromatic heterocycles. The summed E-state index contributed by atoms with van der Waals surface area (Å²) in [6.45, 7) is 0.194. The highest BCUT2D eigenvalue weighted by molar-refractivity contribution is 6.33. The Balaban J connectivity index is 1.79. The first-order valence-electron chi connectivity index (χ1n) is 7.61. The topological polar surface area (TPSA) is 79.8 Å². The van der Waals surface area contributed by atoms with Crippen molar-refractivity contribution in [3.63, 3.8) is 0 Å². The lowest BCUT2D eigenvalue weighted by Crippen LogP contribution is -2.24. The highest BCUT2D eigenvalue weighted by Gasteiger charge is 2.10. The molecule has 0 spiro atoms. The first kappa shape index (κ1) is 19.0. The Labute approximate surface area is 156 Å². The van der Waals surface area contributed by atoms with Crippen LogP contribution in [0.2, 0.25) is 5.02 Å². The fraction of sp³-hybridized carbons (Fsp3) is 0.105. The fourth-order valence-corrected chi connectivity index (χ4v) is 2.08. The number of para-hydroxylation sites is 1. The molecule has 0 saturated heterocycles. The number of hydrazone groups is 1. The van der Waals surface area contributed by atoms with Gasteiger partial charge in [0.25, 0.3) is 0 Å². The van der Waals surface area contributed by atoms with Gasteiger partial charge in [-0.2, -0.15) is 5.10 Å². The maximum atomic E-state index is 11.8. The van der Waals surface area contributed by atoms with Crippen molar-refractivity contribution in [1.82, 2.24) is 5.43 Å². The lowest BCUT2D eigenvalue weighted by Gasteiger charge is -2.06. The number of nitrogens with one attached hydrogen (secondary N) is 2. The molecule has 0 heterocycles. The van der Waals surface area contributed by atoms with E-state index in [1.54, 1.807) is 48.5 Å². The van der Waals surface area contributed by atoms with Crippen LogP contribution in [0.5, 0.6) is 5.75 Å². The van der Waals surface area contributed by atoms with Crippen molar-refractivity contribution in [3.05, 3.63) is 59.1 Å². The normalized spacial score (nSPS) is 10.2. The smallest absolute Gasteiger partial charge is 0.249 e. The summed E-state index contributed by atoms with van der Waals surface area (Å²) < 4.78 is 5.25. The molecule has 0 bridgehead atoms. The standard InChI is InChI=1S/C19H16ClN3O3/c1-2-11-26-15-9-7-14(8-10-15)13-21-23-19(25)12-18(24)22-17-6-4-3-5-16(17)20/h1,3-10,13H,11-12H2,(H,22,24)(H,23,25). The number of carbonyl (C=O) groups excluding carboxylic acids is 2. The van der Waals surface area contributed by atoms with E-state index in [2.05, 4.69) is 21.8 Å². The van der Waals surface area contributed by atoms with Gasteiger partial charge in [-0.05, 0) is 42.0 Å². The largest absolute Gasteiger partial charge is 0.481 e. The van der Waals surface area contributed by atoms with Gasteiger partial charge in [0, 0.05) is 0 Å². The molecule has 0 aliphatic heterocycles. The van der Waals surface area contributed by atoms with E-state index in [-0.39, 0.29) is 13.0 Å². The second kappa shape index (κ2) is 9.87. The molecule has 0 unspecified atom stereocenters. The predicted octanol–water partition coefficient (Wildman–Crippen LogP) is 2.83. The van der Waals surface area contributed by atoms with Crippen molar-refractivity contribution in [2.45, 2.75) is 6.42 Å². The number of halogens is 1. The van der Waals surface area contributed by atoms with Gasteiger partial charge in [-0.25, -0.2) is 5.43 Å². The lowest BCUT2D eigenvalue weighted by molar-refractivity contribution is -0.126. The molecule has 0 aliphatic carbocycles. The number of hydrogen-bond acceptors (Lipinski definition) is 4. The SMILES string of the molecule is C#CCOc1ccc(C=NNC(=O)CC(=O)Nc2ccccc2Cl)cc1. The Hall–Kier alpha value is -3.30. The summed E-state index contributed by atoms with van der Waals surface area (Å²) >= 11 is 5.94. The summed E-state index contributed by atoms with van der Waals surface area (Å²) in [6, 6.07) is 13.7. The molecule has 6 nitrogen and oxygen atoms in total. The quantitative estimate of drug-likeness (QED) is 0.341. The van der Waals surface area contributed by atoms with Crippen LogP contribution < -0.4 is 15.5 Å². The molecule has 2 aromatic rings. The van der Waals surface area contributed by atoms with Crippen molar-refractivity contribution in [1.29, 1.82) is 0 Å². The Bertz CT molecular complexity index is 842. The minimum absolute atomic E-state index is 0.194. The summed E-state index contributed by atoms with van der Waals surface area (Å²) in [4.78, 5) is 23.6.